The van der Waals surface area contributed by atoms with Crippen molar-refractivity contribution in [1.82, 2.24) is 0 Å². The normalized spacial score (nSPS) is 11.9. The number of hydrogen-bond acceptors (Lipinski definition) is 3. The summed E-state index contributed by atoms with van der Waals surface area (Å²) in [6.07, 6.45) is 1.36. The molecule has 2 N–H and O–H groups in total. The summed E-state index contributed by atoms with van der Waals surface area (Å²) in [5, 5.41) is 14.0. The first-order valence-corrected chi connectivity index (χ1v) is 8.66. The van der Waals surface area contributed by atoms with Gasteiger partial charge in [0.05, 0.1) is 5.69 Å². The zero-order valence-electron chi connectivity index (χ0n) is 14.3. The maximum atomic E-state index is 12.8. The molecule has 0 aliphatic rings. The first kappa shape index (κ1) is 18.4. The van der Waals surface area contributed by atoms with Gasteiger partial charge in [-0.3, -0.25) is 9.79 Å². The molecule has 0 aromatic heterocycles. The number of aliphatic hydroxyl groups is 1. The van der Waals surface area contributed by atoms with Gasteiger partial charge in [-0.1, -0.05) is 60.1 Å². The molecule has 0 saturated carbocycles. The molecule has 0 fully saturated rings. The standard InChI is InChI=1S/C22H17ClN2O2/c23-17-11-13-19(14-12-17)25-22(27)20(15-24-18-9-5-2-6-10-18)21(26)16-7-3-1-4-8-16/h1-15,26H,(H,25,27). The molecule has 0 atom stereocenters. The van der Waals surface area contributed by atoms with Crippen molar-refractivity contribution >= 4 is 40.9 Å². The highest BCUT2D eigenvalue weighted by Crippen LogP contribution is 2.19. The average molecular weight is 377 g/mol. The van der Waals surface area contributed by atoms with Crippen molar-refractivity contribution < 1.29 is 9.90 Å². The molecule has 0 aliphatic heterocycles. The predicted octanol–water partition coefficient (Wildman–Crippen LogP) is 5.65. The Morgan fingerprint density at radius 2 is 1.48 bits per heavy atom. The molecule has 1 amide bonds. The fourth-order valence-corrected chi connectivity index (χ4v) is 2.49. The van der Waals surface area contributed by atoms with E-state index in [0.717, 1.165) is 0 Å². The lowest BCUT2D eigenvalue weighted by atomic mass is 10.1. The summed E-state index contributed by atoms with van der Waals surface area (Å²) in [5.41, 5.74) is 1.82. The van der Waals surface area contributed by atoms with Crippen molar-refractivity contribution in [3.8, 4) is 0 Å². The highest BCUT2D eigenvalue weighted by molar-refractivity contribution is 6.30. The van der Waals surface area contributed by atoms with Crippen LogP contribution in [-0.2, 0) is 4.79 Å². The second kappa shape index (κ2) is 8.83. The number of hydrogen-bond donors (Lipinski definition) is 2. The molecule has 0 bridgehead atoms. The molecule has 0 spiro atoms. The van der Waals surface area contributed by atoms with Gasteiger partial charge in [0.2, 0.25) is 0 Å². The van der Waals surface area contributed by atoms with Crippen LogP contribution >= 0.6 is 11.6 Å². The van der Waals surface area contributed by atoms with Crippen LogP contribution in [-0.4, -0.2) is 17.2 Å². The van der Waals surface area contributed by atoms with Crippen LogP contribution in [0.4, 0.5) is 11.4 Å². The molecule has 0 aliphatic carbocycles. The van der Waals surface area contributed by atoms with Gasteiger partial charge in [0.25, 0.3) is 5.91 Å². The van der Waals surface area contributed by atoms with E-state index in [0.29, 0.717) is 22.0 Å². The SMILES string of the molecule is O=C(Nc1ccc(Cl)cc1)C(C=Nc1ccccc1)=C(O)c1ccccc1. The molecular weight excluding hydrogens is 360 g/mol. The molecule has 3 aromatic carbocycles. The largest absolute Gasteiger partial charge is 0.506 e. The monoisotopic (exact) mass is 376 g/mol. The molecule has 27 heavy (non-hydrogen) atoms. The van der Waals surface area contributed by atoms with Gasteiger partial charge in [-0.25, -0.2) is 0 Å². The number of aliphatic imine (C=N–C) groups is 1. The lowest BCUT2D eigenvalue weighted by Gasteiger charge is -2.09. The van der Waals surface area contributed by atoms with E-state index in [4.69, 9.17) is 11.6 Å². The van der Waals surface area contributed by atoms with Gasteiger partial charge in [-0.2, -0.15) is 0 Å². The van der Waals surface area contributed by atoms with Crippen molar-refractivity contribution in [2.24, 2.45) is 4.99 Å². The van der Waals surface area contributed by atoms with E-state index in [1.807, 2.05) is 36.4 Å². The summed E-state index contributed by atoms with van der Waals surface area (Å²) < 4.78 is 0. The number of aliphatic hydroxyl groups excluding tert-OH is 1. The molecule has 0 saturated heterocycles. The number of para-hydroxylation sites is 1. The lowest BCUT2D eigenvalue weighted by Crippen LogP contribution is -2.17. The van der Waals surface area contributed by atoms with E-state index in [1.165, 1.54) is 6.21 Å². The first-order chi connectivity index (χ1) is 13.1. The Labute approximate surface area is 162 Å². The van der Waals surface area contributed by atoms with E-state index in [-0.39, 0.29) is 11.3 Å². The summed E-state index contributed by atoms with van der Waals surface area (Å²) in [6, 6.07) is 24.8. The van der Waals surface area contributed by atoms with E-state index in [1.54, 1.807) is 48.5 Å². The van der Waals surface area contributed by atoms with Crippen molar-refractivity contribution in [2.45, 2.75) is 0 Å². The van der Waals surface area contributed by atoms with Crippen LogP contribution in [0.5, 0.6) is 0 Å². The average Bonchev–Trinajstić information content (AvgIpc) is 2.71. The number of carbonyl (C=O) groups excluding carboxylic acids is 1. The lowest BCUT2D eigenvalue weighted by molar-refractivity contribution is -0.112. The number of halogens is 1. The molecular formula is C22H17ClN2O2. The fourth-order valence-electron chi connectivity index (χ4n) is 2.36. The minimum atomic E-state index is -0.474. The topological polar surface area (TPSA) is 61.7 Å². The van der Waals surface area contributed by atoms with Crippen LogP contribution in [0, 0.1) is 0 Å². The van der Waals surface area contributed by atoms with Crippen LogP contribution in [0.3, 0.4) is 0 Å². The third kappa shape index (κ3) is 5.06. The van der Waals surface area contributed by atoms with E-state index in [9.17, 15) is 9.90 Å². The molecule has 0 unspecified atom stereocenters. The van der Waals surface area contributed by atoms with Crippen LogP contribution in [0.1, 0.15) is 5.56 Å². The Morgan fingerprint density at radius 3 is 2.11 bits per heavy atom. The Kier molecular flexibility index (Phi) is 6.02. The summed E-state index contributed by atoms with van der Waals surface area (Å²) in [5.74, 6) is -0.625. The molecule has 4 nitrogen and oxygen atoms in total. The first-order valence-electron chi connectivity index (χ1n) is 8.28. The Hall–Kier alpha value is -3.37. The maximum absolute atomic E-state index is 12.8. The van der Waals surface area contributed by atoms with Crippen LogP contribution in [0.2, 0.25) is 5.02 Å². The third-order valence-electron chi connectivity index (χ3n) is 3.75. The van der Waals surface area contributed by atoms with Gasteiger partial charge >= 0.3 is 0 Å². The quantitative estimate of drug-likeness (QED) is 0.343. The van der Waals surface area contributed by atoms with Gasteiger partial charge in [0.15, 0.2) is 0 Å². The number of nitrogens with zero attached hydrogens (tertiary/aromatic N) is 1. The van der Waals surface area contributed by atoms with Crippen LogP contribution in [0.15, 0.2) is 95.5 Å². The minimum Gasteiger partial charge on any atom is -0.506 e. The summed E-state index contributed by atoms with van der Waals surface area (Å²) in [6.45, 7) is 0. The summed E-state index contributed by atoms with van der Waals surface area (Å²) >= 11 is 5.88. The second-order valence-corrected chi connectivity index (χ2v) is 6.12. The number of rotatable bonds is 5. The Bertz CT molecular complexity index is 966. The van der Waals surface area contributed by atoms with Crippen LogP contribution < -0.4 is 5.32 Å². The number of anilines is 1. The highest BCUT2D eigenvalue weighted by Gasteiger charge is 2.15. The van der Waals surface area contributed by atoms with Crippen molar-refractivity contribution in [3.05, 3.63) is 101 Å². The second-order valence-electron chi connectivity index (χ2n) is 5.68. The van der Waals surface area contributed by atoms with Gasteiger partial charge in [0.1, 0.15) is 11.3 Å². The Balaban J connectivity index is 1.95. The third-order valence-corrected chi connectivity index (χ3v) is 4.00. The zero-order valence-corrected chi connectivity index (χ0v) is 15.1. The number of carbonyl (C=O) groups is 1. The van der Waals surface area contributed by atoms with Crippen molar-refractivity contribution in [1.29, 1.82) is 0 Å². The minimum absolute atomic E-state index is 0.0556. The van der Waals surface area contributed by atoms with E-state index < -0.39 is 5.91 Å². The maximum Gasteiger partial charge on any atom is 0.261 e. The summed E-state index contributed by atoms with van der Waals surface area (Å²) in [4.78, 5) is 17.1. The highest BCUT2D eigenvalue weighted by atomic mass is 35.5. The van der Waals surface area contributed by atoms with Crippen LogP contribution in [0.25, 0.3) is 5.76 Å². The van der Waals surface area contributed by atoms with Gasteiger partial charge < -0.3 is 10.4 Å². The molecule has 134 valence electrons. The smallest absolute Gasteiger partial charge is 0.261 e. The molecule has 0 heterocycles. The van der Waals surface area contributed by atoms with Crippen molar-refractivity contribution in [2.75, 3.05) is 5.32 Å². The van der Waals surface area contributed by atoms with Gasteiger partial charge in [0, 0.05) is 22.5 Å². The van der Waals surface area contributed by atoms with E-state index in [2.05, 4.69) is 10.3 Å². The number of benzene rings is 3. The number of amides is 1. The fraction of sp³-hybridized carbons (Fsp3) is 0. The van der Waals surface area contributed by atoms with Gasteiger partial charge in [-0.05, 0) is 36.4 Å². The Morgan fingerprint density at radius 1 is 0.889 bits per heavy atom. The molecule has 3 rings (SSSR count). The summed E-state index contributed by atoms with van der Waals surface area (Å²) in [7, 11) is 0. The predicted molar refractivity (Wildman–Crippen MR) is 111 cm³/mol. The molecule has 3 aromatic rings. The zero-order chi connectivity index (χ0) is 19.1. The molecule has 0 radical (unpaired) electrons. The van der Waals surface area contributed by atoms with Gasteiger partial charge in [-0.15, -0.1) is 0 Å². The number of nitrogens with one attached hydrogen (secondary N) is 1. The van der Waals surface area contributed by atoms with Crippen molar-refractivity contribution in [3.63, 3.8) is 0 Å². The molecule has 5 heteroatoms. The van der Waals surface area contributed by atoms with E-state index >= 15 is 0 Å².